The molecular formula is C18H12BrCl2NO3. The molecule has 0 fully saturated rings. The number of ether oxygens (including phenoxy) is 1. The van der Waals surface area contributed by atoms with Gasteiger partial charge in [-0.15, -0.1) is 0 Å². The molecule has 0 aliphatic heterocycles. The topological polar surface area (TPSA) is 51.5 Å². The van der Waals surface area contributed by atoms with Crippen molar-refractivity contribution in [1.82, 2.24) is 0 Å². The Hall–Kier alpha value is -1.95. The smallest absolute Gasteiger partial charge is 0.291 e. The Balaban J connectivity index is 1.64. The second-order valence-corrected chi connectivity index (χ2v) is 6.79. The van der Waals surface area contributed by atoms with Gasteiger partial charge in [-0.1, -0.05) is 45.2 Å². The van der Waals surface area contributed by atoms with E-state index in [2.05, 4.69) is 21.2 Å². The lowest BCUT2D eigenvalue weighted by Crippen LogP contribution is -2.11. The summed E-state index contributed by atoms with van der Waals surface area (Å²) in [4.78, 5) is 12.3. The average molecular weight is 441 g/mol. The minimum absolute atomic E-state index is 0.144. The Morgan fingerprint density at radius 2 is 1.72 bits per heavy atom. The molecule has 25 heavy (non-hydrogen) atoms. The number of halogens is 3. The maximum absolute atomic E-state index is 12.3. The van der Waals surface area contributed by atoms with Crippen molar-refractivity contribution in [3.05, 3.63) is 80.6 Å². The van der Waals surface area contributed by atoms with Gasteiger partial charge in [0.1, 0.15) is 18.1 Å². The quantitative estimate of drug-likeness (QED) is 0.515. The number of anilines is 1. The van der Waals surface area contributed by atoms with E-state index in [0.717, 1.165) is 4.47 Å². The number of carbonyl (C=O) groups is 1. The van der Waals surface area contributed by atoms with E-state index in [4.69, 9.17) is 32.4 Å². The standard InChI is InChI=1S/C18H12BrCl2NO3/c19-11-4-6-12(7-5-11)24-10-13-8-9-16(25-13)18(23)22-17-14(20)2-1-3-15(17)21/h1-9H,10H2,(H,22,23). The lowest BCUT2D eigenvalue weighted by Gasteiger charge is -2.07. The molecule has 1 amide bonds. The fourth-order valence-electron chi connectivity index (χ4n) is 2.06. The zero-order valence-corrected chi connectivity index (χ0v) is 15.9. The van der Waals surface area contributed by atoms with Crippen molar-refractivity contribution in [2.24, 2.45) is 0 Å². The average Bonchev–Trinajstić information content (AvgIpc) is 3.07. The maximum Gasteiger partial charge on any atom is 0.291 e. The largest absolute Gasteiger partial charge is 0.486 e. The molecule has 0 saturated heterocycles. The Labute approximate surface area is 162 Å². The van der Waals surface area contributed by atoms with Crippen LogP contribution in [0.15, 0.2) is 63.5 Å². The fourth-order valence-corrected chi connectivity index (χ4v) is 2.81. The predicted octanol–water partition coefficient (Wildman–Crippen LogP) is 6.18. The van der Waals surface area contributed by atoms with Crippen LogP contribution in [-0.4, -0.2) is 5.91 Å². The van der Waals surface area contributed by atoms with Gasteiger partial charge >= 0.3 is 0 Å². The number of hydrogen-bond donors (Lipinski definition) is 1. The summed E-state index contributed by atoms with van der Waals surface area (Å²) in [5, 5.41) is 3.35. The third-order valence-corrected chi connectivity index (χ3v) is 4.44. The van der Waals surface area contributed by atoms with Crippen molar-refractivity contribution in [1.29, 1.82) is 0 Å². The highest BCUT2D eigenvalue weighted by Gasteiger charge is 2.15. The Kier molecular flexibility index (Phi) is 5.68. The van der Waals surface area contributed by atoms with Crippen molar-refractivity contribution < 1.29 is 13.9 Å². The molecule has 7 heteroatoms. The molecule has 0 saturated carbocycles. The predicted molar refractivity (Wildman–Crippen MR) is 102 cm³/mol. The summed E-state index contributed by atoms with van der Waals surface area (Å²) in [5.41, 5.74) is 0.347. The van der Waals surface area contributed by atoms with E-state index in [-0.39, 0.29) is 12.4 Å². The fraction of sp³-hybridized carbons (Fsp3) is 0.0556. The number of nitrogens with one attached hydrogen (secondary N) is 1. The third kappa shape index (κ3) is 4.57. The first-order chi connectivity index (χ1) is 12.0. The highest BCUT2D eigenvalue weighted by molar-refractivity contribution is 9.10. The van der Waals surface area contributed by atoms with E-state index in [1.54, 1.807) is 30.3 Å². The molecule has 0 unspecified atom stereocenters. The molecule has 0 aliphatic carbocycles. The number of rotatable bonds is 5. The summed E-state index contributed by atoms with van der Waals surface area (Å²) in [6.07, 6.45) is 0. The van der Waals surface area contributed by atoms with E-state index in [9.17, 15) is 4.79 Å². The van der Waals surface area contributed by atoms with Gasteiger partial charge in [-0.25, -0.2) is 0 Å². The van der Waals surface area contributed by atoms with Crippen LogP contribution in [0, 0.1) is 0 Å². The molecule has 0 radical (unpaired) electrons. The summed E-state index contributed by atoms with van der Waals surface area (Å²) in [6, 6.07) is 15.7. The molecule has 0 bridgehead atoms. The summed E-state index contributed by atoms with van der Waals surface area (Å²) in [6.45, 7) is 0.210. The maximum atomic E-state index is 12.3. The monoisotopic (exact) mass is 439 g/mol. The molecule has 1 N–H and O–H groups in total. The third-order valence-electron chi connectivity index (χ3n) is 3.28. The Morgan fingerprint density at radius 3 is 2.40 bits per heavy atom. The molecule has 1 aromatic heterocycles. The molecule has 128 valence electrons. The van der Waals surface area contributed by atoms with E-state index in [1.165, 1.54) is 0 Å². The van der Waals surface area contributed by atoms with Crippen molar-refractivity contribution in [2.45, 2.75) is 6.61 Å². The number of hydrogen-bond acceptors (Lipinski definition) is 3. The number of benzene rings is 2. The van der Waals surface area contributed by atoms with Crippen LogP contribution in [0.4, 0.5) is 5.69 Å². The zero-order valence-electron chi connectivity index (χ0n) is 12.8. The molecule has 0 atom stereocenters. The molecule has 3 rings (SSSR count). The van der Waals surface area contributed by atoms with E-state index in [1.807, 2.05) is 24.3 Å². The zero-order chi connectivity index (χ0) is 17.8. The van der Waals surface area contributed by atoms with Gasteiger partial charge in [-0.3, -0.25) is 4.79 Å². The summed E-state index contributed by atoms with van der Waals surface area (Å²) in [5.74, 6) is 0.932. The number of carbonyl (C=O) groups excluding carboxylic acids is 1. The molecule has 1 heterocycles. The van der Waals surface area contributed by atoms with Gasteiger partial charge in [0.15, 0.2) is 5.76 Å². The van der Waals surface area contributed by atoms with Crippen LogP contribution >= 0.6 is 39.1 Å². The first kappa shape index (κ1) is 17.9. The molecule has 0 spiro atoms. The van der Waals surface area contributed by atoms with Gasteiger partial charge < -0.3 is 14.5 Å². The highest BCUT2D eigenvalue weighted by Crippen LogP contribution is 2.30. The minimum atomic E-state index is -0.440. The number of furan rings is 1. The van der Waals surface area contributed by atoms with Gasteiger partial charge in [0.05, 0.1) is 15.7 Å². The number of para-hydroxylation sites is 1. The van der Waals surface area contributed by atoms with Gasteiger partial charge in [0.2, 0.25) is 0 Å². The van der Waals surface area contributed by atoms with Crippen LogP contribution in [0.5, 0.6) is 5.75 Å². The van der Waals surface area contributed by atoms with Crippen LogP contribution in [0.3, 0.4) is 0 Å². The van der Waals surface area contributed by atoms with Crippen LogP contribution in [0.1, 0.15) is 16.3 Å². The second-order valence-electron chi connectivity index (χ2n) is 5.06. The number of amides is 1. The Bertz CT molecular complexity index is 873. The summed E-state index contributed by atoms with van der Waals surface area (Å²) >= 11 is 15.4. The molecule has 4 nitrogen and oxygen atoms in total. The van der Waals surface area contributed by atoms with Crippen LogP contribution in [0.2, 0.25) is 10.0 Å². The van der Waals surface area contributed by atoms with Crippen molar-refractivity contribution in [3.63, 3.8) is 0 Å². The lowest BCUT2D eigenvalue weighted by atomic mass is 10.3. The first-order valence-corrected chi connectivity index (χ1v) is 8.80. The molecule has 2 aromatic carbocycles. The highest BCUT2D eigenvalue weighted by atomic mass is 79.9. The van der Waals surface area contributed by atoms with Gasteiger partial charge in [-0.05, 0) is 48.5 Å². The molecule has 3 aromatic rings. The van der Waals surface area contributed by atoms with Crippen LogP contribution in [0.25, 0.3) is 0 Å². The lowest BCUT2D eigenvalue weighted by molar-refractivity contribution is 0.0992. The van der Waals surface area contributed by atoms with Gasteiger partial charge in [0, 0.05) is 4.47 Å². The van der Waals surface area contributed by atoms with Crippen molar-refractivity contribution in [2.75, 3.05) is 5.32 Å². The Morgan fingerprint density at radius 1 is 1.04 bits per heavy atom. The molecular weight excluding hydrogens is 429 g/mol. The van der Waals surface area contributed by atoms with E-state index < -0.39 is 5.91 Å². The van der Waals surface area contributed by atoms with Crippen LogP contribution < -0.4 is 10.1 Å². The summed E-state index contributed by atoms with van der Waals surface area (Å²) < 4.78 is 12.1. The van der Waals surface area contributed by atoms with Crippen molar-refractivity contribution in [3.8, 4) is 5.75 Å². The second kappa shape index (κ2) is 7.95. The molecule has 0 aliphatic rings. The van der Waals surface area contributed by atoms with Gasteiger partial charge in [0.25, 0.3) is 5.91 Å². The van der Waals surface area contributed by atoms with Gasteiger partial charge in [-0.2, -0.15) is 0 Å². The minimum Gasteiger partial charge on any atom is -0.486 e. The summed E-state index contributed by atoms with van der Waals surface area (Å²) in [7, 11) is 0. The van der Waals surface area contributed by atoms with E-state index in [0.29, 0.717) is 27.2 Å². The SMILES string of the molecule is O=C(Nc1c(Cl)cccc1Cl)c1ccc(COc2ccc(Br)cc2)o1. The first-order valence-electron chi connectivity index (χ1n) is 7.25. The van der Waals surface area contributed by atoms with Crippen LogP contribution in [-0.2, 0) is 6.61 Å². The van der Waals surface area contributed by atoms with E-state index >= 15 is 0 Å². The normalized spacial score (nSPS) is 10.5. The van der Waals surface area contributed by atoms with Crippen molar-refractivity contribution >= 4 is 50.7 Å².